The number of urea groups is 1. The Labute approximate surface area is 185 Å². The zero-order valence-electron chi connectivity index (χ0n) is 17.7. The number of esters is 1. The number of benzene rings is 1. The first-order chi connectivity index (χ1) is 15.0. The molecule has 162 valence electrons. The van der Waals surface area contributed by atoms with Crippen LogP contribution in [0.5, 0.6) is 0 Å². The molecule has 0 spiro atoms. The molecule has 0 bridgehead atoms. The van der Waals surface area contributed by atoms with E-state index in [4.69, 9.17) is 4.74 Å². The smallest absolute Gasteiger partial charge is 0.338 e. The Kier molecular flexibility index (Phi) is 6.39. The van der Waals surface area contributed by atoms with Crippen LogP contribution < -0.4 is 10.6 Å². The number of rotatable bonds is 6. The number of hydrogen-bond donors (Lipinski definition) is 2. The third-order valence-electron chi connectivity index (χ3n) is 5.23. The summed E-state index contributed by atoms with van der Waals surface area (Å²) in [6, 6.07) is 10.4. The molecule has 0 radical (unpaired) electrons. The molecule has 3 heterocycles. The molecule has 7 nitrogen and oxygen atoms in total. The van der Waals surface area contributed by atoms with E-state index in [1.54, 1.807) is 42.5 Å². The second kappa shape index (κ2) is 9.36. The molecular weight excluding hydrogens is 412 g/mol. The number of fused-ring (bicyclic) bond motifs is 1. The molecule has 0 aliphatic carbocycles. The molecule has 2 N–H and O–H groups in total. The maximum atomic E-state index is 12.6. The zero-order chi connectivity index (χ0) is 21.8. The SMILES string of the molecule is CCOC(=O)c1cccc(NC(=O)NCc2c(-n3cccc3)sc3c2CCN(C)C3)c1. The molecule has 3 aromatic rings. The van der Waals surface area contributed by atoms with E-state index in [-0.39, 0.29) is 6.03 Å². The molecule has 2 amide bonds. The van der Waals surface area contributed by atoms with E-state index in [0.29, 0.717) is 24.4 Å². The Morgan fingerprint density at radius 2 is 2.00 bits per heavy atom. The maximum Gasteiger partial charge on any atom is 0.338 e. The van der Waals surface area contributed by atoms with Gasteiger partial charge in [0.25, 0.3) is 0 Å². The molecule has 0 saturated heterocycles. The lowest BCUT2D eigenvalue weighted by molar-refractivity contribution is 0.0526. The molecule has 1 aromatic carbocycles. The van der Waals surface area contributed by atoms with E-state index < -0.39 is 5.97 Å². The van der Waals surface area contributed by atoms with Crippen molar-refractivity contribution in [3.05, 3.63) is 70.4 Å². The van der Waals surface area contributed by atoms with Crippen LogP contribution in [0.3, 0.4) is 0 Å². The highest BCUT2D eigenvalue weighted by Gasteiger charge is 2.23. The van der Waals surface area contributed by atoms with Gasteiger partial charge in [-0.1, -0.05) is 6.07 Å². The fourth-order valence-electron chi connectivity index (χ4n) is 3.73. The summed E-state index contributed by atoms with van der Waals surface area (Å²) < 4.78 is 7.13. The van der Waals surface area contributed by atoms with Crippen LogP contribution in [-0.4, -0.2) is 41.7 Å². The third kappa shape index (κ3) is 4.81. The van der Waals surface area contributed by atoms with Crippen LogP contribution in [0.2, 0.25) is 0 Å². The van der Waals surface area contributed by atoms with Crippen LogP contribution in [0.1, 0.15) is 33.3 Å². The van der Waals surface area contributed by atoms with Gasteiger partial charge in [-0.2, -0.15) is 0 Å². The zero-order valence-corrected chi connectivity index (χ0v) is 18.5. The number of likely N-dealkylation sites (N-methyl/N-ethyl adjacent to an activating group) is 1. The van der Waals surface area contributed by atoms with E-state index in [9.17, 15) is 9.59 Å². The summed E-state index contributed by atoms with van der Waals surface area (Å²) >= 11 is 1.79. The fourth-order valence-corrected chi connectivity index (χ4v) is 5.14. The maximum absolute atomic E-state index is 12.6. The van der Waals surface area contributed by atoms with Gasteiger partial charge in [-0.05, 0) is 56.3 Å². The highest BCUT2D eigenvalue weighted by atomic mass is 32.1. The summed E-state index contributed by atoms with van der Waals surface area (Å²) in [5.41, 5.74) is 3.46. The molecule has 0 saturated carbocycles. The van der Waals surface area contributed by atoms with Crippen molar-refractivity contribution in [1.29, 1.82) is 0 Å². The standard InChI is InChI=1S/C23H26N4O3S/c1-3-30-22(28)16-7-6-8-17(13-16)25-23(29)24-14-19-18-9-12-26(2)15-20(18)31-21(19)27-10-4-5-11-27/h4-8,10-11,13H,3,9,12,14-15H2,1-2H3,(H2,24,25,29). The van der Waals surface area contributed by atoms with Crippen molar-refractivity contribution in [1.82, 2.24) is 14.8 Å². The third-order valence-corrected chi connectivity index (χ3v) is 6.50. The van der Waals surface area contributed by atoms with Crippen molar-refractivity contribution in [2.45, 2.75) is 26.4 Å². The lowest BCUT2D eigenvalue weighted by Crippen LogP contribution is -2.30. The minimum atomic E-state index is -0.405. The molecule has 2 aromatic heterocycles. The number of carbonyl (C=O) groups excluding carboxylic acids is 2. The lowest BCUT2D eigenvalue weighted by atomic mass is 10.0. The number of amides is 2. The average Bonchev–Trinajstić information content (AvgIpc) is 3.40. The van der Waals surface area contributed by atoms with Crippen molar-refractivity contribution < 1.29 is 14.3 Å². The molecule has 8 heteroatoms. The fraction of sp³-hybridized carbons (Fsp3) is 0.304. The summed E-state index contributed by atoms with van der Waals surface area (Å²) in [6.07, 6.45) is 5.04. The number of nitrogens with zero attached hydrogens (tertiary/aromatic N) is 2. The monoisotopic (exact) mass is 438 g/mol. The number of anilines is 1. The van der Waals surface area contributed by atoms with Crippen molar-refractivity contribution in [3.63, 3.8) is 0 Å². The van der Waals surface area contributed by atoms with Gasteiger partial charge in [0.2, 0.25) is 0 Å². The van der Waals surface area contributed by atoms with Gasteiger partial charge in [0.1, 0.15) is 5.00 Å². The van der Waals surface area contributed by atoms with Crippen LogP contribution in [0.4, 0.5) is 10.5 Å². The summed E-state index contributed by atoms with van der Waals surface area (Å²) in [4.78, 5) is 28.2. The lowest BCUT2D eigenvalue weighted by Gasteiger charge is -2.22. The highest BCUT2D eigenvalue weighted by Crippen LogP contribution is 2.35. The average molecular weight is 439 g/mol. The molecule has 31 heavy (non-hydrogen) atoms. The molecule has 4 rings (SSSR count). The summed E-state index contributed by atoms with van der Waals surface area (Å²) in [5.74, 6) is -0.405. The van der Waals surface area contributed by atoms with Crippen molar-refractivity contribution in [3.8, 4) is 5.00 Å². The number of nitrogens with one attached hydrogen (secondary N) is 2. The number of ether oxygens (including phenoxy) is 1. The second-order valence-corrected chi connectivity index (χ2v) is 8.56. The number of carbonyl (C=O) groups is 2. The summed E-state index contributed by atoms with van der Waals surface area (Å²) in [6.45, 7) is 4.44. The topological polar surface area (TPSA) is 75.6 Å². The van der Waals surface area contributed by atoms with Gasteiger partial charge in [-0.15, -0.1) is 11.3 Å². The first kappa shape index (κ1) is 21.1. The van der Waals surface area contributed by atoms with Gasteiger partial charge >= 0.3 is 12.0 Å². The number of aromatic nitrogens is 1. The Hall–Kier alpha value is -3.10. The normalized spacial score (nSPS) is 13.5. The minimum absolute atomic E-state index is 0.307. The van der Waals surface area contributed by atoms with Crippen LogP contribution >= 0.6 is 11.3 Å². The van der Waals surface area contributed by atoms with Gasteiger partial charge in [0, 0.05) is 48.2 Å². The number of hydrogen-bond acceptors (Lipinski definition) is 5. The van der Waals surface area contributed by atoms with Crippen LogP contribution in [0.15, 0.2) is 48.8 Å². The first-order valence-electron chi connectivity index (χ1n) is 10.3. The van der Waals surface area contributed by atoms with E-state index in [0.717, 1.165) is 24.5 Å². The first-order valence-corrected chi connectivity index (χ1v) is 11.1. The van der Waals surface area contributed by atoms with Crippen LogP contribution in [-0.2, 0) is 24.2 Å². The van der Waals surface area contributed by atoms with Gasteiger partial charge in [0.15, 0.2) is 0 Å². The van der Waals surface area contributed by atoms with Crippen molar-refractivity contribution >= 4 is 29.0 Å². The molecular formula is C23H26N4O3S. The van der Waals surface area contributed by atoms with Gasteiger partial charge < -0.3 is 24.8 Å². The molecule has 0 unspecified atom stereocenters. The highest BCUT2D eigenvalue weighted by molar-refractivity contribution is 7.14. The predicted octanol–water partition coefficient (Wildman–Crippen LogP) is 4.03. The van der Waals surface area contributed by atoms with Crippen molar-refractivity contribution in [2.24, 2.45) is 0 Å². The summed E-state index contributed by atoms with van der Waals surface area (Å²) in [7, 11) is 2.13. The van der Waals surface area contributed by atoms with Gasteiger partial charge in [-0.25, -0.2) is 9.59 Å². The van der Waals surface area contributed by atoms with E-state index in [2.05, 4.69) is 27.1 Å². The van der Waals surface area contributed by atoms with E-state index in [1.807, 2.05) is 24.5 Å². The Balaban J connectivity index is 1.48. The Morgan fingerprint density at radius 1 is 1.19 bits per heavy atom. The van der Waals surface area contributed by atoms with E-state index in [1.165, 1.54) is 16.0 Å². The Morgan fingerprint density at radius 3 is 2.77 bits per heavy atom. The molecule has 1 aliphatic heterocycles. The number of thiophene rings is 1. The van der Waals surface area contributed by atoms with E-state index >= 15 is 0 Å². The van der Waals surface area contributed by atoms with Crippen molar-refractivity contribution in [2.75, 3.05) is 25.5 Å². The van der Waals surface area contributed by atoms with Crippen LogP contribution in [0.25, 0.3) is 5.00 Å². The van der Waals surface area contributed by atoms with Crippen LogP contribution in [0, 0.1) is 0 Å². The van der Waals surface area contributed by atoms with Gasteiger partial charge in [0.05, 0.1) is 12.2 Å². The second-order valence-electron chi connectivity index (χ2n) is 7.47. The minimum Gasteiger partial charge on any atom is -0.462 e. The largest absolute Gasteiger partial charge is 0.462 e. The van der Waals surface area contributed by atoms with Gasteiger partial charge in [-0.3, -0.25) is 0 Å². The molecule has 1 aliphatic rings. The molecule has 0 fully saturated rings. The molecule has 0 atom stereocenters. The quantitative estimate of drug-likeness (QED) is 0.570. The Bertz CT molecular complexity index is 1070. The summed E-state index contributed by atoms with van der Waals surface area (Å²) in [5, 5.41) is 6.95. The predicted molar refractivity (Wildman–Crippen MR) is 122 cm³/mol.